The van der Waals surface area contributed by atoms with E-state index in [0.717, 1.165) is 25.7 Å². The van der Waals surface area contributed by atoms with E-state index < -0.39 is 25.1 Å². The number of ether oxygens (including phenoxy) is 2. The molecule has 0 unspecified atom stereocenters. The Morgan fingerprint density at radius 2 is 1.95 bits per heavy atom. The van der Waals surface area contributed by atoms with Crippen LogP contribution in [0.15, 0.2) is 48.9 Å². The Balaban J connectivity index is 1.19. The Labute approximate surface area is 222 Å². The lowest BCUT2D eigenvalue weighted by atomic mass is 9.53. The highest BCUT2D eigenvalue weighted by molar-refractivity contribution is 5.96. The van der Waals surface area contributed by atoms with Gasteiger partial charge < -0.3 is 20.5 Å². The van der Waals surface area contributed by atoms with Crippen molar-refractivity contribution in [2.75, 3.05) is 6.61 Å². The van der Waals surface area contributed by atoms with E-state index >= 15 is 0 Å². The number of nitrogens with two attached hydrogens (primary N) is 1. The average molecular weight is 544 g/mol. The van der Waals surface area contributed by atoms with E-state index in [0.29, 0.717) is 16.7 Å². The van der Waals surface area contributed by atoms with Crippen LogP contribution in [0.5, 0.6) is 11.6 Å². The SMILES string of the molecule is Cn1cc(-c2cc(OCCC(F)(F)F)cc(C(=O)N[C@H]3CC4(C3)C[C@H](Oc3ncccc3C(N)=O)C4)c2)cn1. The number of hydrogen-bond donors (Lipinski definition) is 2. The molecule has 2 aliphatic carbocycles. The molecule has 0 saturated heterocycles. The molecule has 3 N–H and O–H groups in total. The van der Waals surface area contributed by atoms with Crippen molar-refractivity contribution in [2.24, 2.45) is 18.2 Å². The summed E-state index contributed by atoms with van der Waals surface area (Å²) >= 11 is 0. The van der Waals surface area contributed by atoms with Crippen LogP contribution in [0.4, 0.5) is 13.2 Å². The monoisotopic (exact) mass is 543 g/mol. The molecule has 0 bridgehead atoms. The fourth-order valence-electron chi connectivity index (χ4n) is 5.34. The summed E-state index contributed by atoms with van der Waals surface area (Å²) < 4.78 is 50.6. The number of benzene rings is 1. The summed E-state index contributed by atoms with van der Waals surface area (Å²) in [6, 6.07) is 7.89. The number of aromatic nitrogens is 3. The Morgan fingerprint density at radius 3 is 2.62 bits per heavy atom. The van der Waals surface area contributed by atoms with Crippen molar-refractivity contribution in [3.8, 4) is 22.8 Å². The molecule has 3 aromatic rings. The van der Waals surface area contributed by atoms with E-state index in [1.807, 2.05) is 0 Å². The number of nitrogens with one attached hydrogen (secondary N) is 1. The van der Waals surface area contributed by atoms with Gasteiger partial charge in [-0.25, -0.2) is 4.98 Å². The maximum atomic E-state index is 13.1. The number of rotatable bonds is 9. The van der Waals surface area contributed by atoms with Gasteiger partial charge in [0.2, 0.25) is 5.88 Å². The van der Waals surface area contributed by atoms with Crippen molar-refractivity contribution in [2.45, 2.75) is 50.4 Å². The largest absolute Gasteiger partial charge is 0.493 e. The zero-order chi connectivity index (χ0) is 27.8. The minimum atomic E-state index is -4.34. The van der Waals surface area contributed by atoms with Crippen LogP contribution in [-0.4, -0.2) is 51.5 Å². The number of carbonyl (C=O) groups excluding carboxylic acids is 2. The highest BCUT2D eigenvalue weighted by Gasteiger charge is 2.54. The number of halogens is 3. The molecular formula is C27H28F3N5O4. The molecule has 0 atom stereocenters. The minimum Gasteiger partial charge on any atom is -0.493 e. The molecule has 2 saturated carbocycles. The van der Waals surface area contributed by atoms with E-state index in [2.05, 4.69) is 15.4 Å². The lowest BCUT2D eigenvalue weighted by Crippen LogP contribution is -2.58. The molecule has 1 spiro atoms. The Bertz CT molecular complexity index is 1380. The second kappa shape index (κ2) is 10.2. The molecule has 12 heteroatoms. The lowest BCUT2D eigenvalue weighted by molar-refractivity contribution is -0.139. The van der Waals surface area contributed by atoms with Gasteiger partial charge in [-0.2, -0.15) is 18.3 Å². The van der Waals surface area contributed by atoms with Crippen molar-refractivity contribution >= 4 is 11.8 Å². The number of hydrogen-bond acceptors (Lipinski definition) is 6. The number of amides is 2. The number of aryl methyl sites for hydroxylation is 1. The standard InChI is InChI=1S/C27H28F3N5O4/c1-35-15-18(14-33-35)16-7-17(9-20(8-16)38-6-4-27(28,29)30)24(37)34-19-10-26(11-19)12-21(13-26)39-25-22(23(31)36)3-2-5-32-25/h2-3,5,7-9,14-15,19,21H,4,6,10-13H2,1H3,(H2,31,36)(H,34,37)/t19-,21-,26?. The first-order chi connectivity index (χ1) is 18.5. The summed E-state index contributed by atoms with van der Waals surface area (Å²) in [6.07, 6.45) is 2.50. The van der Waals surface area contributed by atoms with Crippen LogP contribution in [0.1, 0.15) is 52.8 Å². The van der Waals surface area contributed by atoms with Crippen molar-refractivity contribution < 1.29 is 32.2 Å². The molecule has 206 valence electrons. The van der Waals surface area contributed by atoms with Crippen LogP contribution in [0.2, 0.25) is 0 Å². The normalized spacial score (nSPS) is 22.1. The van der Waals surface area contributed by atoms with E-state index in [1.165, 1.54) is 6.07 Å². The van der Waals surface area contributed by atoms with Crippen molar-refractivity contribution in [1.82, 2.24) is 20.1 Å². The zero-order valence-corrected chi connectivity index (χ0v) is 21.2. The molecule has 5 rings (SSSR count). The number of carbonyl (C=O) groups is 2. The molecule has 9 nitrogen and oxygen atoms in total. The second-order valence-corrected chi connectivity index (χ2v) is 10.3. The number of primary amides is 1. The van der Waals surface area contributed by atoms with Gasteiger partial charge >= 0.3 is 6.18 Å². The van der Waals surface area contributed by atoms with Gasteiger partial charge in [-0.3, -0.25) is 14.3 Å². The highest BCUT2D eigenvalue weighted by Crippen LogP contribution is 2.56. The summed E-state index contributed by atoms with van der Waals surface area (Å²) in [5.41, 5.74) is 7.32. The van der Waals surface area contributed by atoms with Crippen LogP contribution in [0.25, 0.3) is 11.1 Å². The van der Waals surface area contributed by atoms with Crippen LogP contribution in [-0.2, 0) is 7.05 Å². The topological polar surface area (TPSA) is 121 Å². The molecule has 0 aliphatic heterocycles. The lowest BCUT2D eigenvalue weighted by Gasteiger charge is -2.57. The van der Waals surface area contributed by atoms with E-state index in [9.17, 15) is 22.8 Å². The first-order valence-electron chi connectivity index (χ1n) is 12.5. The predicted molar refractivity (Wildman–Crippen MR) is 134 cm³/mol. The summed E-state index contributed by atoms with van der Waals surface area (Å²) in [4.78, 5) is 28.8. The Kier molecular flexibility index (Phi) is 6.96. The van der Waals surface area contributed by atoms with E-state index in [-0.39, 0.29) is 40.7 Å². The summed E-state index contributed by atoms with van der Waals surface area (Å²) in [5, 5.41) is 7.16. The maximum Gasteiger partial charge on any atom is 0.392 e. The van der Waals surface area contributed by atoms with Crippen LogP contribution in [0, 0.1) is 5.41 Å². The van der Waals surface area contributed by atoms with Crippen molar-refractivity contribution in [3.63, 3.8) is 0 Å². The van der Waals surface area contributed by atoms with Gasteiger partial charge in [0.1, 0.15) is 17.4 Å². The second-order valence-electron chi connectivity index (χ2n) is 10.3. The fourth-order valence-corrected chi connectivity index (χ4v) is 5.34. The van der Waals surface area contributed by atoms with Gasteiger partial charge in [-0.15, -0.1) is 0 Å². The summed E-state index contributed by atoms with van der Waals surface area (Å²) in [7, 11) is 1.75. The Hall–Kier alpha value is -4.09. The zero-order valence-electron chi connectivity index (χ0n) is 21.2. The maximum absolute atomic E-state index is 13.1. The first kappa shape index (κ1) is 26.5. The minimum absolute atomic E-state index is 0.0360. The third kappa shape index (κ3) is 6.15. The average Bonchev–Trinajstić information content (AvgIpc) is 3.26. The molecule has 1 aromatic carbocycles. The van der Waals surface area contributed by atoms with E-state index in [1.54, 1.807) is 54.6 Å². The number of nitrogens with zero attached hydrogens (tertiary/aromatic N) is 3. The number of alkyl halides is 3. The van der Waals surface area contributed by atoms with Gasteiger partial charge in [0.25, 0.3) is 11.8 Å². The first-order valence-corrected chi connectivity index (χ1v) is 12.5. The molecule has 2 amide bonds. The molecule has 2 heterocycles. The summed E-state index contributed by atoms with van der Waals surface area (Å²) in [5.74, 6) is -0.511. The molecular weight excluding hydrogens is 515 g/mol. The molecule has 39 heavy (non-hydrogen) atoms. The van der Waals surface area contributed by atoms with E-state index in [4.69, 9.17) is 15.2 Å². The third-order valence-corrected chi connectivity index (χ3v) is 7.19. The number of pyridine rings is 1. The van der Waals surface area contributed by atoms with Gasteiger partial charge in [0.15, 0.2) is 0 Å². The Morgan fingerprint density at radius 1 is 1.18 bits per heavy atom. The predicted octanol–water partition coefficient (Wildman–Crippen LogP) is 4.03. The van der Waals surface area contributed by atoms with Gasteiger partial charge in [0.05, 0.1) is 19.2 Å². The quantitative estimate of drug-likeness (QED) is 0.420. The molecule has 2 fully saturated rings. The highest BCUT2D eigenvalue weighted by atomic mass is 19.4. The van der Waals surface area contributed by atoms with Crippen molar-refractivity contribution in [3.05, 3.63) is 60.0 Å². The van der Waals surface area contributed by atoms with Crippen LogP contribution >= 0.6 is 0 Å². The van der Waals surface area contributed by atoms with Gasteiger partial charge in [0, 0.05) is 36.6 Å². The fraction of sp³-hybridized carbons (Fsp3) is 0.407. The van der Waals surface area contributed by atoms with Gasteiger partial charge in [-0.05, 0) is 67.0 Å². The van der Waals surface area contributed by atoms with Crippen LogP contribution < -0.4 is 20.5 Å². The molecule has 0 radical (unpaired) electrons. The molecule has 2 aromatic heterocycles. The molecule has 2 aliphatic rings. The van der Waals surface area contributed by atoms with Crippen LogP contribution in [0.3, 0.4) is 0 Å². The van der Waals surface area contributed by atoms with Crippen molar-refractivity contribution in [1.29, 1.82) is 0 Å². The van der Waals surface area contributed by atoms with Gasteiger partial charge in [-0.1, -0.05) is 0 Å². The third-order valence-electron chi connectivity index (χ3n) is 7.19. The summed E-state index contributed by atoms with van der Waals surface area (Å²) in [6.45, 7) is -0.547. The smallest absolute Gasteiger partial charge is 0.392 e.